The van der Waals surface area contributed by atoms with Crippen LogP contribution in [0.3, 0.4) is 0 Å². The zero-order valence-electron chi connectivity index (χ0n) is 14.8. The first-order valence-corrected chi connectivity index (χ1v) is 8.64. The molecule has 0 saturated carbocycles. The van der Waals surface area contributed by atoms with E-state index in [1.54, 1.807) is 13.0 Å². The maximum atomic E-state index is 12.1. The van der Waals surface area contributed by atoms with E-state index in [-0.39, 0.29) is 12.5 Å². The summed E-state index contributed by atoms with van der Waals surface area (Å²) in [7, 11) is 0. The van der Waals surface area contributed by atoms with Gasteiger partial charge in [0.25, 0.3) is 11.8 Å². The van der Waals surface area contributed by atoms with Gasteiger partial charge in [-0.2, -0.15) is 0 Å². The van der Waals surface area contributed by atoms with Crippen LogP contribution in [0.4, 0.5) is 11.6 Å². The number of anilines is 2. The van der Waals surface area contributed by atoms with Crippen LogP contribution in [-0.4, -0.2) is 53.9 Å². The van der Waals surface area contributed by atoms with Crippen LogP contribution in [0.5, 0.6) is 5.88 Å². The monoisotopic (exact) mass is 369 g/mol. The Morgan fingerprint density at radius 1 is 1.22 bits per heavy atom. The highest BCUT2D eigenvalue weighted by Crippen LogP contribution is 2.27. The minimum absolute atomic E-state index is 0.212. The number of amides is 1. The maximum Gasteiger partial charge on any atom is 0.263 e. The van der Waals surface area contributed by atoms with Crippen molar-refractivity contribution in [2.24, 2.45) is 0 Å². The average molecular weight is 369 g/mol. The fraction of sp³-hybridized carbons (Fsp3) is 0.333. The second-order valence-corrected chi connectivity index (χ2v) is 6.10. The number of nitrogens with one attached hydrogen (secondary N) is 1. The molecule has 4 rings (SSSR count). The summed E-state index contributed by atoms with van der Waals surface area (Å²) >= 11 is 0. The van der Waals surface area contributed by atoms with Gasteiger partial charge in [-0.05, 0) is 19.1 Å². The Labute approximate surface area is 155 Å². The Morgan fingerprint density at radius 3 is 2.67 bits per heavy atom. The number of nitrogens with zero attached hydrogens (tertiary/aromatic N) is 4. The van der Waals surface area contributed by atoms with Gasteiger partial charge in [-0.3, -0.25) is 4.79 Å². The fourth-order valence-corrected chi connectivity index (χ4v) is 2.79. The van der Waals surface area contributed by atoms with Crippen LogP contribution in [0.1, 0.15) is 5.76 Å². The number of rotatable bonds is 5. The molecular weight excluding hydrogens is 350 g/mol. The summed E-state index contributed by atoms with van der Waals surface area (Å²) < 4.78 is 16.0. The maximum absolute atomic E-state index is 12.1. The molecule has 0 atom stereocenters. The Kier molecular flexibility index (Phi) is 4.84. The topological polar surface area (TPSA) is 103 Å². The number of morpholine rings is 1. The van der Waals surface area contributed by atoms with E-state index in [1.165, 1.54) is 0 Å². The average Bonchev–Trinajstić information content (AvgIpc) is 3.11. The van der Waals surface area contributed by atoms with Gasteiger partial charge in [0.2, 0.25) is 0 Å². The summed E-state index contributed by atoms with van der Waals surface area (Å²) in [5, 5.41) is 6.35. The third-order valence-electron chi connectivity index (χ3n) is 4.07. The zero-order valence-corrected chi connectivity index (χ0v) is 14.8. The molecule has 1 amide bonds. The van der Waals surface area contributed by atoms with E-state index in [0.717, 1.165) is 5.52 Å². The predicted molar refractivity (Wildman–Crippen MR) is 97.9 cm³/mol. The molecule has 0 spiro atoms. The minimum atomic E-state index is -0.355. The van der Waals surface area contributed by atoms with Crippen LogP contribution in [-0.2, 0) is 9.53 Å². The lowest BCUT2D eigenvalue weighted by Gasteiger charge is -2.28. The van der Waals surface area contributed by atoms with E-state index >= 15 is 0 Å². The largest absolute Gasteiger partial charge is 0.465 e. The highest BCUT2D eigenvalue weighted by Gasteiger charge is 2.20. The van der Waals surface area contributed by atoms with Crippen LogP contribution >= 0.6 is 0 Å². The SMILES string of the molecule is Cc1cc(NC(=O)COc2nc3ccccc3nc2N2CCOCC2)no1. The molecule has 1 aliphatic heterocycles. The summed E-state index contributed by atoms with van der Waals surface area (Å²) in [4.78, 5) is 23.4. The standard InChI is InChI=1S/C18H19N5O4/c1-12-10-15(22-27-12)21-16(24)11-26-18-17(23-6-8-25-9-7-23)19-13-4-2-3-5-14(13)20-18/h2-5,10H,6-9,11H2,1H3,(H,21,22,24). The van der Waals surface area contributed by atoms with Crippen LogP contribution in [0, 0.1) is 6.92 Å². The van der Waals surface area contributed by atoms with Gasteiger partial charge in [-0.1, -0.05) is 17.3 Å². The number of aromatic nitrogens is 3. The number of benzene rings is 1. The van der Waals surface area contributed by atoms with E-state index < -0.39 is 0 Å². The number of fused-ring (bicyclic) bond motifs is 1. The van der Waals surface area contributed by atoms with Gasteiger partial charge in [0, 0.05) is 19.2 Å². The van der Waals surface area contributed by atoms with Gasteiger partial charge in [0.15, 0.2) is 18.2 Å². The molecule has 3 heterocycles. The third kappa shape index (κ3) is 3.98. The van der Waals surface area contributed by atoms with Gasteiger partial charge in [-0.15, -0.1) is 0 Å². The molecule has 0 unspecified atom stereocenters. The van der Waals surface area contributed by atoms with Gasteiger partial charge < -0.3 is 24.2 Å². The molecule has 2 aromatic heterocycles. The van der Waals surface area contributed by atoms with Crippen molar-refractivity contribution in [2.45, 2.75) is 6.92 Å². The molecule has 9 nitrogen and oxygen atoms in total. The van der Waals surface area contributed by atoms with Gasteiger partial charge in [0.1, 0.15) is 5.76 Å². The number of hydrogen-bond acceptors (Lipinski definition) is 8. The van der Waals surface area contributed by atoms with Crippen molar-refractivity contribution in [1.82, 2.24) is 15.1 Å². The quantitative estimate of drug-likeness (QED) is 0.726. The lowest BCUT2D eigenvalue weighted by atomic mass is 10.3. The van der Waals surface area contributed by atoms with Crippen molar-refractivity contribution in [3.8, 4) is 5.88 Å². The van der Waals surface area contributed by atoms with Crippen LogP contribution in [0.2, 0.25) is 0 Å². The number of aryl methyl sites for hydroxylation is 1. The molecule has 0 radical (unpaired) electrons. The number of carbonyl (C=O) groups excluding carboxylic acids is 1. The summed E-state index contributed by atoms with van der Waals surface area (Å²) in [5.41, 5.74) is 1.48. The molecule has 1 saturated heterocycles. The summed E-state index contributed by atoms with van der Waals surface area (Å²) in [6.07, 6.45) is 0. The van der Waals surface area contributed by atoms with Crippen molar-refractivity contribution >= 4 is 28.6 Å². The van der Waals surface area contributed by atoms with E-state index in [1.807, 2.05) is 24.3 Å². The molecule has 0 bridgehead atoms. The smallest absolute Gasteiger partial charge is 0.263 e. The Hall–Kier alpha value is -3.20. The lowest BCUT2D eigenvalue weighted by Crippen LogP contribution is -2.37. The van der Waals surface area contributed by atoms with E-state index in [9.17, 15) is 4.79 Å². The Balaban J connectivity index is 1.54. The molecular formula is C18H19N5O4. The van der Waals surface area contributed by atoms with Crippen molar-refractivity contribution in [3.05, 3.63) is 36.1 Å². The summed E-state index contributed by atoms with van der Waals surface area (Å²) in [6.45, 7) is 4.14. The normalized spacial score (nSPS) is 14.3. The molecule has 1 N–H and O–H groups in total. The second kappa shape index (κ2) is 7.58. The van der Waals surface area contributed by atoms with Crippen molar-refractivity contribution in [3.63, 3.8) is 0 Å². The van der Waals surface area contributed by atoms with E-state index in [4.69, 9.17) is 14.0 Å². The van der Waals surface area contributed by atoms with E-state index in [0.29, 0.717) is 55.1 Å². The summed E-state index contributed by atoms with van der Waals surface area (Å²) in [6, 6.07) is 9.18. The number of carbonyl (C=O) groups is 1. The molecule has 3 aromatic rings. The number of hydrogen-bond donors (Lipinski definition) is 1. The third-order valence-corrected chi connectivity index (χ3v) is 4.07. The zero-order chi connectivity index (χ0) is 18.6. The molecule has 1 aromatic carbocycles. The molecule has 1 fully saturated rings. The van der Waals surface area contributed by atoms with Crippen LogP contribution < -0.4 is 15.0 Å². The Morgan fingerprint density at radius 2 is 1.96 bits per heavy atom. The van der Waals surface area contributed by atoms with Crippen LogP contribution in [0.15, 0.2) is 34.9 Å². The van der Waals surface area contributed by atoms with Crippen LogP contribution in [0.25, 0.3) is 11.0 Å². The highest BCUT2D eigenvalue weighted by atomic mass is 16.5. The van der Waals surface area contributed by atoms with Gasteiger partial charge in [-0.25, -0.2) is 9.97 Å². The molecule has 140 valence electrons. The number of para-hydroxylation sites is 2. The minimum Gasteiger partial charge on any atom is -0.465 e. The first kappa shape index (κ1) is 17.2. The Bertz CT molecular complexity index is 952. The highest BCUT2D eigenvalue weighted by molar-refractivity contribution is 5.91. The van der Waals surface area contributed by atoms with Gasteiger partial charge in [0.05, 0.1) is 24.2 Å². The second-order valence-electron chi connectivity index (χ2n) is 6.10. The first-order valence-electron chi connectivity index (χ1n) is 8.64. The predicted octanol–water partition coefficient (Wildman–Crippen LogP) is 1.78. The molecule has 9 heteroatoms. The van der Waals surface area contributed by atoms with E-state index in [2.05, 4.69) is 25.3 Å². The van der Waals surface area contributed by atoms with Gasteiger partial charge >= 0.3 is 0 Å². The first-order chi connectivity index (χ1) is 13.2. The number of ether oxygens (including phenoxy) is 2. The van der Waals surface area contributed by atoms with Crippen molar-refractivity contribution < 1.29 is 18.8 Å². The molecule has 0 aliphatic carbocycles. The molecule has 27 heavy (non-hydrogen) atoms. The molecule has 1 aliphatic rings. The summed E-state index contributed by atoms with van der Waals surface area (Å²) in [5.74, 6) is 1.54. The van der Waals surface area contributed by atoms with Crippen molar-refractivity contribution in [1.29, 1.82) is 0 Å². The van der Waals surface area contributed by atoms with Crippen molar-refractivity contribution in [2.75, 3.05) is 43.1 Å². The fourth-order valence-electron chi connectivity index (χ4n) is 2.79. The lowest BCUT2D eigenvalue weighted by molar-refractivity contribution is -0.118.